The minimum absolute atomic E-state index is 1.01. The fourth-order valence-electron chi connectivity index (χ4n) is 1.59. The average Bonchev–Trinajstić information content (AvgIpc) is 2.55. The van der Waals surface area contributed by atoms with Crippen molar-refractivity contribution in [2.45, 2.75) is 55.8 Å². The summed E-state index contributed by atoms with van der Waals surface area (Å²) in [7, 11) is 0. The van der Waals surface area contributed by atoms with Crippen molar-refractivity contribution in [3.05, 3.63) is 0 Å². The fraction of sp³-hybridized carbons (Fsp3) is 0.750. The smallest absolute Gasteiger partial charge is 0.335 e. The van der Waals surface area contributed by atoms with E-state index in [-0.39, 0.29) is 0 Å². The highest BCUT2D eigenvalue weighted by Gasteiger charge is 2.43. The van der Waals surface area contributed by atoms with Crippen molar-refractivity contribution in [3.8, 4) is 0 Å². The average molecular weight is 356 g/mol. The molecule has 0 radical (unpaired) electrons. The van der Waals surface area contributed by atoms with Gasteiger partial charge in [0.25, 0.3) is 0 Å². The lowest BCUT2D eigenvalue weighted by atomic mass is 9.93. The molecular formula is C12H20O12. The van der Waals surface area contributed by atoms with Crippen LogP contribution in [0.5, 0.6) is 0 Å². The fourth-order valence-corrected chi connectivity index (χ4v) is 1.59. The molecule has 0 aliphatic carbocycles. The molecule has 0 aliphatic rings. The largest absolute Gasteiger partial charge is 0.479 e. The maximum atomic E-state index is 11.6. The topological polar surface area (TPSA) is 233 Å². The number of carboxylic acids is 1. The molecule has 24 heavy (non-hydrogen) atoms. The van der Waals surface area contributed by atoms with Crippen molar-refractivity contribution >= 4 is 17.5 Å². The van der Waals surface area contributed by atoms with Crippen LogP contribution in [0.1, 0.15) is 6.92 Å². The van der Waals surface area contributed by atoms with Crippen LogP contribution in [0, 0.1) is 0 Å². The summed E-state index contributed by atoms with van der Waals surface area (Å²) < 4.78 is 0. The molecule has 0 aromatic carbocycles. The van der Waals surface area contributed by atoms with Gasteiger partial charge in [0.2, 0.25) is 11.6 Å². The maximum Gasteiger partial charge on any atom is 0.335 e. The summed E-state index contributed by atoms with van der Waals surface area (Å²) in [6.07, 6.45) is -18.9. The van der Waals surface area contributed by atoms with E-state index in [2.05, 4.69) is 0 Å². The lowest BCUT2D eigenvalue weighted by Gasteiger charge is -2.26. The molecule has 0 bridgehead atoms. The molecule has 140 valence electrons. The number of hydrogen-bond donors (Lipinski definition) is 9. The third-order valence-corrected chi connectivity index (χ3v) is 3.20. The highest BCUT2D eigenvalue weighted by molar-refractivity contribution is 6.40. The molecule has 0 rings (SSSR count). The molecule has 0 aromatic heterocycles. The first-order valence-corrected chi connectivity index (χ1v) is 6.59. The van der Waals surface area contributed by atoms with Gasteiger partial charge in [-0.05, 0) is 6.92 Å². The number of aliphatic hydroxyl groups excluding tert-OH is 8. The molecule has 0 heterocycles. The second-order valence-corrected chi connectivity index (χ2v) is 5.10. The molecule has 12 heteroatoms. The van der Waals surface area contributed by atoms with E-state index >= 15 is 0 Å². The first-order chi connectivity index (χ1) is 10.8. The van der Waals surface area contributed by atoms with E-state index in [4.69, 9.17) is 15.3 Å². The number of Topliss-reactive ketones (excluding diaryl/α,β-unsaturated/α-hetero) is 2. The zero-order valence-electron chi connectivity index (χ0n) is 12.4. The molecule has 0 aromatic rings. The monoisotopic (exact) mass is 356 g/mol. The molecule has 0 saturated heterocycles. The maximum absolute atomic E-state index is 11.6. The quantitative estimate of drug-likeness (QED) is 0.166. The molecule has 0 unspecified atom stereocenters. The van der Waals surface area contributed by atoms with Crippen molar-refractivity contribution < 1.29 is 60.3 Å². The molecule has 12 nitrogen and oxygen atoms in total. The molecule has 9 N–H and O–H groups in total. The molecule has 0 amide bonds. The van der Waals surface area contributed by atoms with Gasteiger partial charge in [-0.1, -0.05) is 0 Å². The summed E-state index contributed by atoms with van der Waals surface area (Å²) in [4.78, 5) is 33.6. The van der Waals surface area contributed by atoms with Crippen LogP contribution in [0.4, 0.5) is 0 Å². The second-order valence-electron chi connectivity index (χ2n) is 5.10. The zero-order chi connectivity index (χ0) is 19.4. The van der Waals surface area contributed by atoms with Gasteiger partial charge in [-0.2, -0.15) is 0 Å². The first kappa shape index (κ1) is 22.5. The van der Waals surface area contributed by atoms with Gasteiger partial charge >= 0.3 is 5.97 Å². The van der Waals surface area contributed by atoms with Gasteiger partial charge in [0.1, 0.15) is 36.6 Å². The molecule has 0 saturated carbocycles. The Morgan fingerprint density at radius 2 is 0.875 bits per heavy atom. The third-order valence-electron chi connectivity index (χ3n) is 3.20. The van der Waals surface area contributed by atoms with Crippen LogP contribution >= 0.6 is 0 Å². The van der Waals surface area contributed by atoms with E-state index in [1.54, 1.807) is 0 Å². The van der Waals surface area contributed by atoms with Gasteiger partial charge in [-0.15, -0.1) is 0 Å². The van der Waals surface area contributed by atoms with E-state index in [0.29, 0.717) is 0 Å². The number of carbonyl (C=O) groups excluding carboxylic acids is 2. The first-order valence-electron chi connectivity index (χ1n) is 6.59. The summed E-state index contributed by atoms with van der Waals surface area (Å²) in [5, 5.41) is 82.7. The predicted octanol–water partition coefficient (Wildman–Crippen LogP) is -5.88. The number of rotatable bonds is 10. The Labute approximate surface area is 134 Å². The molecule has 0 spiro atoms. The van der Waals surface area contributed by atoms with Crippen molar-refractivity contribution in [2.75, 3.05) is 0 Å². The minimum Gasteiger partial charge on any atom is -0.479 e. The number of aliphatic hydroxyl groups is 8. The van der Waals surface area contributed by atoms with Gasteiger partial charge in [0, 0.05) is 0 Å². The Kier molecular flexibility index (Phi) is 8.53. The normalized spacial score (nSPS) is 21.7. The highest BCUT2D eigenvalue weighted by atomic mass is 16.4. The lowest BCUT2D eigenvalue weighted by Crippen LogP contribution is -2.55. The van der Waals surface area contributed by atoms with E-state index in [1.165, 1.54) is 0 Å². The van der Waals surface area contributed by atoms with E-state index in [9.17, 15) is 45.0 Å². The summed E-state index contributed by atoms with van der Waals surface area (Å²) in [5.74, 6) is -5.79. The van der Waals surface area contributed by atoms with Crippen molar-refractivity contribution in [1.29, 1.82) is 0 Å². The molecular weight excluding hydrogens is 336 g/mol. The highest BCUT2D eigenvalue weighted by Crippen LogP contribution is 2.11. The van der Waals surface area contributed by atoms with E-state index < -0.39 is 66.4 Å². The van der Waals surface area contributed by atoms with Crippen LogP contribution in [-0.4, -0.2) is 112 Å². The standard InChI is InChI=1S/C12H20O12/c1-2(13)3(14)4(15)5(16)6(17)7(18)8(19)9(20)10(21)11(22)12(23)24/h2-5,8-11,13-16,19-22H,1H3,(H,23,24)/t2-,3-,4+,5-,8+,9-,10+,11+/m1/s1. The number of carbonyl (C=O) groups is 3. The van der Waals surface area contributed by atoms with Crippen LogP contribution in [-0.2, 0) is 14.4 Å². The Bertz CT molecular complexity index is 463. The van der Waals surface area contributed by atoms with Gasteiger partial charge in [0.05, 0.1) is 6.10 Å². The summed E-state index contributed by atoms with van der Waals surface area (Å²) >= 11 is 0. The van der Waals surface area contributed by atoms with Crippen molar-refractivity contribution in [2.24, 2.45) is 0 Å². The van der Waals surface area contributed by atoms with Gasteiger partial charge in [-0.3, -0.25) is 9.59 Å². The van der Waals surface area contributed by atoms with Gasteiger partial charge in [-0.25, -0.2) is 4.79 Å². The summed E-state index contributed by atoms with van der Waals surface area (Å²) in [5.41, 5.74) is 0. The minimum atomic E-state index is -2.73. The van der Waals surface area contributed by atoms with Crippen molar-refractivity contribution in [1.82, 2.24) is 0 Å². The van der Waals surface area contributed by atoms with Crippen LogP contribution < -0.4 is 0 Å². The van der Waals surface area contributed by atoms with Crippen molar-refractivity contribution in [3.63, 3.8) is 0 Å². The number of ketones is 2. The van der Waals surface area contributed by atoms with Gasteiger partial charge in [0.15, 0.2) is 6.10 Å². The Morgan fingerprint density at radius 1 is 0.583 bits per heavy atom. The van der Waals surface area contributed by atoms with E-state index in [0.717, 1.165) is 6.92 Å². The molecule has 0 fully saturated rings. The Morgan fingerprint density at radius 3 is 1.17 bits per heavy atom. The lowest BCUT2D eigenvalue weighted by molar-refractivity contribution is -0.169. The Balaban J connectivity index is 5.06. The predicted molar refractivity (Wildman–Crippen MR) is 71.4 cm³/mol. The van der Waals surface area contributed by atoms with Crippen LogP contribution in [0.15, 0.2) is 0 Å². The second kappa shape index (κ2) is 9.10. The van der Waals surface area contributed by atoms with Crippen LogP contribution in [0.3, 0.4) is 0 Å². The molecule has 0 aliphatic heterocycles. The summed E-state index contributed by atoms with van der Waals surface area (Å²) in [6, 6.07) is 0. The SMILES string of the molecule is C[C@@H](O)[C@@H](O)[C@H](O)[C@@H](O)C(=O)C(=O)[C@H](O)[C@@H](O)[C@H](O)[C@H](O)C(=O)O. The number of aliphatic carboxylic acids is 1. The third kappa shape index (κ3) is 5.25. The van der Waals surface area contributed by atoms with Crippen LogP contribution in [0.2, 0.25) is 0 Å². The number of hydrogen-bond acceptors (Lipinski definition) is 11. The molecule has 8 atom stereocenters. The van der Waals surface area contributed by atoms with Crippen LogP contribution in [0.25, 0.3) is 0 Å². The number of carboxylic acid groups (broad SMARTS) is 1. The van der Waals surface area contributed by atoms with Gasteiger partial charge < -0.3 is 46.0 Å². The van der Waals surface area contributed by atoms with E-state index in [1.807, 2.05) is 0 Å². The Hall–Kier alpha value is -1.51. The zero-order valence-corrected chi connectivity index (χ0v) is 12.4. The summed E-state index contributed by atoms with van der Waals surface area (Å²) in [6.45, 7) is 1.01.